The molecule has 3 fully saturated rings. The van der Waals surface area contributed by atoms with Gasteiger partial charge in [0.15, 0.2) is 0 Å². The van der Waals surface area contributed by atoms with Gasteiger partial charge in [0.05, 0.1) is 22.6 Å². The summed E-state index contributed by atoms with van der Waals surface area (Å²) in [4.78, 5) is 73.7. The van der Waals surface area contributed by atoms with Crippen molar-refractivity contribution in [1.82, 2.24) is 30.0 Å². The maximum atomic E-state index is 15.0. The Morgan fingerprint density at radius 2 is 1.71 bits per heavy atom. The molecular formula is C42H53N7O8S. The molecule has 0 radical (unpaired) electrons. The number of carbonyl (C=O) groups is 4. The van der Waals surface area contributed by atoms with Crippen molar-refractivity contribution in [1.29, 1.82) is 0 Å². The minimum Gasteiger partial charge on any atom is -0.471 e. The number of nitrogens with one attached hydrogen (secondary N) is 3. The number of fused-ring (bicyclic) bond motifs is 3. The number of benzene rings is 2. The quantitative estimate of drug-likeness (QED) is 0.271. The summed E-state index contributed by atoms with van der Waals surface area (Å²) >= 11 is 0. The largest absolute Gasteiger partial charge is 0.471 e. The molecule has 7 atom stereocenters. The van der Waals surface area contributed by atoms with E-state index in [4.69, 9.17) is 4.74 Å². The number of rotatable bonds is 9. The maximum absolute atomic E-state index is 15.0. The minimum atomic E-state index is -3.92. The van der Waals surface area contributed by atoms with E-state index in [0.29, 0.717) is 42.0 Å². The average Bonchev–Trinajstić information content (AvgIpc) is 4.13. The fraction of sp³-hybridized carbons (Fsp3) is 0.524. The van der Waals surface area contributed by atoms with Crippen LogP contribution in [0.2, 0.25) is 0 Å². The van der Waals surface area contributed by atoms with Crippen LogP contribution in [0.25, 0.3) is 10.8 Å². The standard InChI is InChI=1S/C42H53N7O8S/c1-6-49-39(52)33-14-10-9-13-32(33)38(45-49)57-30-22-34-37(51)44-42(41(54)46-58(55,56)31-19-20-31)23-28(42)12-8-7-11-25(2)21-26(3)35(40(53)48(34)24-30)43-36(50)27-15-17-29(18-16-27)47(4)5/h8-10,12-18,25-26,28,30-31,34-35H,6-7,11,19-24H2,1-5H3,(H,43,50)(H,44,51)(H,46,54)/b12-8-. The number of hydrogen-bond donors (Lipinski definition) is 3. The smallest absolute Gasteiger partial charge is 0.274 e. The van der Waals surface area contributed by atoms with E-state index in [1.54, 1.807) is 43.3 Å². The normalized spacial score (nSPS) is 28.3. The minimum absolute atomic E-state index is 0.00510. The molecule has 2 saturated carbocycles. The summed E-state index contributed by atoms with van der Waals surface area (Å²) in [6.07, 6.45) is 6.18. The number of anilines is 1. The summed E-state index contributed by atoms with van der Waals surface area (Å²) in [5.74, 6) is -2.88. The molecule has 0 bridgehead atoms. The second-order valence-electron chi connectivity index (χ2n) is 16.6. The van der Waals surface area contributed by atoms with Crippen LogP contribution in [-0.2, 0) is 31.0 Å². The van der Waals surface area contributed by atoms with Crippen LogP contribution in [-0.4, -0.2) is 96.3 Å². The third-order valence-electron chi connectivity index (χ3n) is 12.0. The molecule has 1 saturated heterocycles. The van der Waals surface area contributed by atoms with Gasteiger partial charge >= 0.3 is 0 Å². The van der Waals surface area contributed by atoms with E-state index >= 15 is 4.79 Å². The molecule has 16 heteroatoms. The molecule has 0 spiro atoms. The lowest BCUT2D eigenvalue weighted by Gasteiger charge is -2.33. The van der Waals surface area contributed by atoms with Crippen molar-refractivity contribution >= 4 is 50.1 Å². The summed E-state index contributed by atoms with van der Waals surface area (Å²) in [6.45, 7) is 6.01. The van der Waals surface area contributed by atoms with Crippen molar-refractivity contribution in [2.45, 2.75) is 101 Å². The Kier molecular flexibility index (Phi) is 11.4. The third kappa shape index (κ3) is 8.34. The average molecular weight is 816 g/mol. The van der Waals surface area contributed by atoms with Gasteiger partial charge < -0.3 is 25.2 Å². The topological polar surface area (TPSA) is 189 Å². The number of aryl methyl sites for hydroxylation is 1. The highest BCUT2D eigenvalue weighted by Crippen LogP contribution is 2.46. The van der Waals surface area contributed by atoms with Gasteiger partial charge in [-0.05, 0) is 93.7 Å². The first-order valence-corrected chi connectivity index (χ1v) is 21.8. The monoisotopic (exact) mass is 815 g/mol. The van der Waals surface area contributed by atoms with E-state index < -0.39 is 68.5 Å². The van der Waals surface area contributed by atoms with E-state index in [1.807, 2.05) is 50.2 Å². The Bertz CT molecular complexity index is 2290. The first kappa shape index (κ1) is 40.9. The zero-order chi connectivity index (χ0) is 41.5. The Morgan fingerprint density at radius 3 is 2.38 bits per heavy atom. The number of aromatic nitrogens is 2. The van der Waals surface area contributed by atoms with Crippen LogP contribution in [0.4, 0.5) is 5.69 Å². The van der Waals surface area contributed by atoms with Crippen molar-refractivity contribution in [2.24, 2.45) is 17.8 Å². The molecular weight excluding hydrogens is 763 g/mol. The van der Waals surface area contributed by atoms with Crippen LogP contribution < -0.4 is 30.6 Å². The Balaban J connectivity index is 1.24. The lowest BCUT2D eigenvalue weighted by atomic mass is 9.87. The van der Waals surface area contributed by atoms with Gasteiger partial charge in [-0.2, -0.15) is 0 Å². The van der Waals surface area contributed by atoms with E-state index in [9.17, 15) is 27.6 Å². The first-order chi connectivity index (χ1) is 27.6. The van der Waals surface area contributed by atoms with Crippen LogP contribution >= 0.6 is 0 Å². The predicted molar refractivity (Wildman–Crippen MR) is 219 cm³/mol. The molecule has 58 heavy (non-hydrogen) atoms. The predicted octanol–water partition coefficient (Wildman–Crippen LogP) is 3.12. The van der Waals surface area contributed by atoms with Gasteiger partial charge in [0.25, 0.3) is 17.4 Å². The van der Waals surface area contributed by atoms with Gasteiger partial charge in [-0.25, -0.2) is 13.1 Å². The number of sulfonamides is 1. The highest BCUT2D eigenvalue weighted by Gasteiger charge is 2.62. The Labute approximate surface area is 338 Å². The summed E-state index contributed by atoms with van der Waals surface area (Å²) in [5.41, 5.74) is -0.545. The lowest BCUT2D eigenvalue weighted by Crippen LogP contribution is -2.59. The molecule has 2 aliphatic heterocycles. The molecule has 4 amide bonds. The number of carbonyl (C=O) groups excluding carboxylic acids is 4. The molecule has 310 valence electrons. The Morgan fingerprint density at radius 1 is 1.00 bits per heavy atom. The van der Waals surface area contributed by atoms with Crippen LogP contribution in [0.5, 0.6) is 5.88 Å². The number of nitrogens with zero attached hydrogens (tertiary/aromatic N) is 4. The number of hydrogen-bond acceptors (Lipinski definition) is 10. The molecule has 2 aliphatic carbocycles. The van der Waals surface area contributed by atoms with Gasteiger partial charge in [0.2, 0.25) is 27.7 Å². The van der Waals surface area contributed by atoms with Crippen molar-refractivity contribution in [3.8, 4) is 5.88 Å². The zero-order valence-electron chi connectivity index (χ0n) is 33.6. The van der Waals surface area contributed by atoms with E-state index in [-0.39, 0.29) is 49.2 Å². The molecule has 2 aromatic carbocycles. The first-order valence-electron chi connectivity index (χ1n) is 20.2. The van der Waals surface area contributed by atoms with E-state index in [1.165, 1.54) is 9.58 Å². The molecule has 3 N–H and O–H groups in total. The number of amides is 4. The van der Waals surface area contributed by atoms with Crippen LogP contribution in [0.1, 0.15) is 76.1 Å². The van der Waals surface area contributed by atoms with Gasteiger partial charge in [0, 0.05) is 44.2 Å². The molecule has 3 aromatic rings. The van der Waals surface area contributed by atoms with Crippen LogP contribution in [0.15, 0.2) is 65.5 Å². The lowest BCUT2D eigenvalue weighted by molar-refractivity contribution is -0.142. The second kappa shape index (κ2) is 16.2. The summed E-state index contributed by atoms with van der Waals surface area (Å²) in [5, 5.41) is 10.6. The Hall–Kier alpha value is -5.25. The summed E-state index contributed by atoms with van der Waals surface area (Å²) in [6, 6.07) is 11.8. The van der Waals surface area contributed by atoms with Crippen molar-refractivity contribution < 1.29 is 32.3 Å². The van der Waals surface area contributed by atoms with Crippen molar-refractivity contribution in [3.05, 3.63) is 76.6 Å². The van der Waals surface area contributed by atoms with Gasteiger partial charge in [-0.3, -0.25) is 28.7 Å². The van der Waals surface area contributed by atoms with E-state index in [2.05, 4.69) is 27.4 Å². The van der Waals surface area contributed by atoms with Gasteiger partial charge in [-0.15, -0.1) is 5.10 Å². The van der Waals surface area contributed by atoms with Gasteiger partial charge in [0.1, 0.15) is 23.7 Å². The highest BCUT2D eigenvalue weighted by molar-refractivity contribution is 7.91. The molecule has 1 aromatic heterocycles. The fourth-order valence-corrected chi connectivity index (χ4v) is 9.66. The molecule has 7 rings (SSSR count). The highest BCUT2D eigenvalue weighted by atomic mass is 32.2. The van der Waals surface area contributed by atoms with Crippen molar-refractivity contribution in [3.63, 3.8) is 0 Å². The summed E-state index contributed by atoms with van der Waals surface area (Å²) in [7, 11) is -0.125. The number of allylic oxidation sites excluding steroid dienone is 1. The number of ether oxygens (including phenoxy) is 1. The van der Waals surface area contributed by atoms with Gasteiger partial charge in [-0.1, -0.05) is 38.1 Å². The van der Waals surface area contributed by atoms with Crippen LogP contribution in [0.3, 0.4) is 0 Å². The fourth-order valence-electron chi connectivity index (χ4n) is 8.30. The second-order valence-corrected chi connectivity index (χ2v) is 18.6. The van der Waals surface area contributed by atoms with E-state index in [0.717, 1.165) is 12.1 Å². The zero-order valence-corrected chi connectivity index (χ0v) is 34.5. The summed E-state index contributed by atoms with van der Waals surface area (Å²) < 4.78 is 35.9. The van der Waals surface area contributed by atoms with Crippen LogP contribution in [0, 0.1) is 17.8 Å². The molecule has 4 aliphatic rings. The molecule has 3 heterocycles. The van der Waals surface area contributed by atoms with Crippen molar-refractivity contribution in [2.75, 3.05) is 25.5 Å². The third-order valence-corrected chi connectivity index (χ3v) is 13.8. The molecule has 15 nitrogen and oxygen atoms in total. The maximum Gasteiger partial charge on any atom is 0.274 e. The SMILES string of the molecule is CCn1nc(OC2CC3C(=O)NC4(C(=O)NS(=O)(=O)C5CC5)CC4/C=C\CCC(C)CC(C)C(NC(=O)c4ccc(N(C)C)cc4)C(=O)N3C2)c2ccccc2c1=O. The molecule has 7 unspecified atom stereocenters.